The molecule has 1 saturated heterocycles. The average Bonchev–Trinajstić information content (AvgIpc) is 2.59. The second kappa shape index (κ2) is 5.85. The number of primary sulfonamides is 1. The van der Waals surface area contributed by atoms with E-state index >= 15 is 0 Å². The van der Waals surface area contributed by atoms with Crippen LogP contribution in [0.1, 0.15) is 19.3 Å². The number of hydrogen-bond donors (Lipinski definition) is 3. The van der Waals surface area contributed by atoms with Crippen molar-refractivity contribution in [3.8, 4) is 0 Å². The molecule has 1 aromatic carbocycles. The number of nitrogens with one attached hydrogen (secondary N) is 2. The van der Waals surface area contributed by atoms with Crippen LogP contribution < -0.4 is 15.8 Å². The molecule has 106 valence electrons. The Balaban J connectivity index is 2.12. The maximum atomic E-state index is 13.8. The van der Waals surface area contributed by atoms with Crippen molar-refractivity contribution in [2.24, 2.45) is 5.14 Å². The lowest BCUT2D eigenvalue weighted by atomic mass is 10.1. The van der Waals surface area contributed by atoms with Gasteiger partial charge in [-0.15, -0.1) is 0 Å². The van der Waals surface area contributed by atoms with Crippen molar-refractivity contribution in [3.05, 3.63) is 24.0 Å². The quantitative estimate of drug-likeness (QED) is 0.775. The van der Waals surface area contributed by atoms with E-state index < -0.39 is 15.8 Å². The molecule has 0 saturated carbocycles. The number of hydrogen-bond acceptors (Lipinski definition) is 4. The maximum absolute atomic E-state index is 13.8. The first-order chi connectivity index (χ1) is 8.97. The monoisotopic (exact) mass is 287 g/mol. The van der Waals surface area contributed by atoms with E-state index in [9.17, 15) is 12.8 Å². The largest absolute Gasteiger partial charge is 0.380 e. The summed E-state index contributed by atoms with van der Waals surface area (Å²) < 4.78 is 36.1. The van der Waals surface area contributed by atoms with Gasteiger partial charge in [-0.25, -0.2) is 17.9 Å². The molecule has 0 spiro atoms. The Hall–Kier alpha value is -1.18. The van der Waals surface area contributed by atoms with E-state index in [0.717, 1.165) is 38.4 Å². The van der Waals surface area contributed by atoms with Crippen molar-refractivity contribution >= 4 is 15.7 Å². The molecular formula is C12H18FN3O2S. The van der Waals surface area contributed by atoms with Crippen molar-refractivity contribution in [1.29, 1.82) is 0 Å². The number of rotatable bonds is 3. The van der Waals surface area contributed by atoms with Crippen LogP contribution in [0.2, 0.25) is 0 Å². The molecule has 1 unspecified atom stereocenters. The first-order valence-corrected chi connectivity index (χ1v) is 7.81. The van der Waals surface area contributed by atoms with E-state index in [1.54, 1.807) is 0 Å². The fraction of sp³-hybridized carbons (Fsp3) is 0.500. The Labute approximate surface area is 112 Å². The Bertz CT molecular complexity index is 540. The third-order valence-electron chi connectivity index (χ3n) is 3.20. The highest BCUT2D eigenvalue weighted by Gasteiger charge is 2.15. The molecule has 5 nitrogen and oxygen atoms in total. The topological polar surface area (TPSA) is 84.2 Å². The molecule has 19 heavy (non-hydrogen) atoms. The van der Waals surface area contributed by atoms with E-state index in [-0.39, 0.29) is 10.9 Å². The van der Waals surface area contributed by atoms with Gasteiger partial charge >= 0.3 is 0 Å². The van der Waals surface area contributed by atoms with Gasteiger partial charge < -0.3 is 10.6 Å². The number of sulfonamides is 1. The first kappa shape index (κ1) is 14.2. The van der Waals surface area contributed by atoms with E-state index in [0.29, 0.717) is 5.69 Å². The van der Waals surface area contributed by atoms with Crippen molar-refractivity contribution < 1.29 is 12.8 Å². The molecule has 1 aliphatic rings. The standard InChI is InChI=1S/C12H18FN3O2S/c13-11-8-10(19(14,17)18)3-4-12(11)16-9-2-1-6-15-7-5-9/h3-4,8-9,15-16H,1-2,5-7H2,(H2,14,17,18). The number of benzene rings is 1. The highest BCUT2D eigenvalue weighted by Crippen LogP contribution is 2.21. The van der Waals surface area contributed by atoms with Crippen LogP contribution in [0.4, 0.5) is 10.1 Å². The molecule has 7 heteroatoms. The molecule has 1 aliphatic heterocycles. The zero-order valence-electron chi connectivity index (χ0n) is 10.5. The van der Waals surface area contributed by atoms with Gasteiger partial charge in [0.1, 0.15) is 5.82 Å². The summed E-state index contributed by atoms with van der Waals surface area (Å²) >= 11 is 0. The molecule has 0 aromatic heterocycles. The molecule has 1 aromatic rings. The van der Waals surface area contributed by atoms with E-state index in [1.165, 1.54) is 12.1 Å². The molecule has 0 amide bonds. The Kier molecular flexibility index (Phi) is 4.38. The fourth-order valence-electron chi connectivity index (χ4n) is 2.17. The Morgan fingerprint density at radius 1 is 1.32 bits per heavy atom. The number of nitrogens with two attached hydrogens (primary N) is 1. The van der Waals surface area contributed by atoms with Crippen LogP contribution in [0.25, 0.3) is 0 Å². The Morgan fingerprint density at radius 3 is 2.79 bits per heavy atom. The van der Waals surface area contributed by atoms with Crippen LogP contribution >= 0.6 is 0 Å². The molecule has 2 rings (SSSR count). The van der Waals surface area contributed by atoms with Gasteiger partial charge in [0, 0.05) is 6.04 Å². The molecule has 0 bridgehead atoms. The normalized spacial score (nSPS) is 20.8. The van der Waals surface area contributed by atoms with Gasteiger partial charge in [-0.1, -0.05) is 0 Å². The van der Waals surface area contributed by atoms with Crippen LogP contribution in [0.5, 0.6) is 0 Å². The minimum atomic E-state index is -3.86. The summed E-state index contributed by atoms with van der Waals surface area (Å²) in [5, 5.41) is 11.4. The SMILES string of the molecule is NS(=O)(=O)c1ccc(NC2CCCNCC2)c(F)c1. The zero-order chi connectivity index (χ0) is 13.9. The maximum Gasteiger partial charge on any atom is 0.238 e. The smallest absolute Gasteiger partial charge is 0.238 e. The van der Waals surface area contributed by atoms with E-state index in [1.807, 2.05) is 0 Å². The number of halogens is 1. The summed E-state index contributed by atoms with van der Waals surface area (Å²) in [6.45, 7) is 1.87. The van der Waals surface area contributed by atoms with Gasteiger partial charge in [0.2, 0.25) is 10.0 Å². The summed E-state index contributed by atoms with van der Waals surface area (Å²) in [4.78, 5) is -0.210. The third kappa shape index (κ3) is 3.89. The second-order valence-corrected chi connectivity index (χ2v) is 6.27. The van der Waals surface area contributed by atoms with Gasteiger partial charge in [0.05, 0.1) is 10.6 Å². The lowest BCUT2D eigenvalue weighted by Gasteiger charge is -2.18. The van der Waals surface area contributed by atoms with Gasteiger partial charge in [-0.3, -0.25) is 0 Å². The summed E-state index contributed by atoms with van der Waals surface area (Å²) in [6, 6.07) is 3.89. The van der Waals surface area contributed by atoms with Crippen molar-refractivity contribution in [2.45, 2.75) is 30.2 Å². The van der Waals surface area contributed by atoms with Crippen molar-refractivity contribution in [2.75, 3.05) is 18.4 Å². The van der Waals surface area contributed by atoms with Gasteiger partial charge in [0.15, 0.2) is 0 Å². The van der Waals surface area contributed by atoms with Crippen LogP contribution in [0.15, 0.2) is 23.1 Å². The lowest BCUT2D eigenvalue weighted by molar-refractivity contribution is 0.589. The highest BCUT2D eigenvalue weighted by molar-refractivity contribution is 7.89. The molecule has 4 N–H and O–H groups in total. The minimum absolute atomic E-state index is 0.199. The van der Waals surface area contributed by atoms with Gasteiger partial charge in [-0.2, -0.15) is 0 Å². The third-order valence-corrected chi connectivity index (χ3v) is 4.12. The number of anilines is 1. The molecule has 1 fully saturated rings. The fourth-order valence-corrected chi connectivity index (χ4v) is 2.70. The minimum Gasteiger partial charge on any atom is -0.380 e. The molecule has 0 aliphatic carbocycles. The zero-order valence-corrected chi connectivity index (χ0v) is 11.3. The van der Waals surface area contributed by atoms with Crippen LogP contribution in [0, 0.1) is 5.82 Å². The van der Waals surface area contributed by atoms with Crippen LogP contribution in [-0.2, 0) is 10.0 Å². The molecule has 1 heterocycles. The summed E-state index contributed by atoms with van der Waals surface area (Å²) in [5.74, 6) is -0.594. The summed E-state index contributed by atoms with van der Waals surface area (Å²) in [6.07, 6.45) is 2.91. The van der Waals surface area contributed by atoms with E-state index in [4.69, 9.17) is 5.14 Å². The predicted octanol–water partition coefficient (Wildman–Crippen LogP) is 1.03. The highest BCUT2D eigenvalue weighted by atomic mass is 32.2. The van der Waals surface area contributed by atoms with Crippen molar-refractivity contribution in [1.82, 2.24) is 5.32 Å². The van der Waals surface area contributed by atoms with Crippen LogP contribution in [-0.4, -0.2) is 27.5 Å². The average molecular weight is 287 g/mol. The molecule has 1 atom stereocenters. The van der Waals surface area contributed by atoms with Crippen molar-refractivity contribution in [3.63, 3.8) is 0 Å². The summed E-state index contributed by atoms with van der Waals surface area (Å²) in [7, 11) is -3.86. The van der Waals surface area contributed by atoms with E-state index in [2.05, 4.69) is 10.6 Å². The van der Waals surface area contributed by atoms with Gasteiger partial charge in [0.25, 0.3) is 0 Å². The summed E-state index contributed by atoms with van der Waals surface area (Å²) in [5.41, 5.74) is 0.319. The van der Waals surface area contributed by atoms with Gasteiger partial charge in [-0.05, 0) is 50.6 Å². The van der Waals surface area contributed by atoms with Crippen LogP contribution in [0.3, 0.4) is 0 Å². The first-order valence-electron chi connectivity index (χ1n) is 6.26. The Morgan fingerprint density at radius 2 is 2.11 bits per heavy atom. The second-order valence-electron chi connectivity index (χ2n) is 4.71. The molecular weight excluding hydrogens is 269 g/mol. The predicted molar refractivity (Wildman–Crippen MR) is 71.9 cm³/mol. The lowest BCUT2D eigenvalue weighted by Crippen LogP contribution is -2.22. The molecule has 0 radical (unpaired) electrons.